The van der Waals surface area contributed by atoms with Gasteiger partial charge in [0.15, 0.2) is 11.4 Å². The highest BCUT2D eigenvalue weighted by molar-refractivity contribution is 6.03. The number of rotatable bonds is 10. The number of benzene rings is 3. The molecule has 2 N–H and O–H groups in total. The van der Waals surface area contributed by atoms with Gasteiger partial charge < -0.3 is 29.1 Å². The lowest BCUT2D eigenvalue weighted by molar-refractivity contribution is -0.147. The number of carbonyl (C=O) groups is 2. The lowest BCUT2D eigenvalue weighted by atomic mass is 9.90. The monoisotopic (exact) mass is 788 g/mol. The number of oxazole rings is 1. The van der Waals surface area contributed by atoms with Crippen molar-refractivity contribution in [2.45, 2.75) is 96.6 Å². The van der Waals surface area contributed by atoms with Crippen LogP contribution in [-0.4, -0.2) is 69.0 Å². The highest BCUT2D eigenvalue weighted by Crippen LogP contribution is 2.39. The normalized spacial score (nSPS) is 18.6. The van der Waals surface area contributed by atoms with Crippen LogP contribution in [0.1, 0.15) is 77.2 Å². The Morgan fingerprint density at radius 1 is 1.02 bits per heavy atom. The zero-order valence-corrected chi connectivity index (χ0v) is 32.0. The van der Waals surface area contributed by atoms with Crippen LogP contribution in [-0.2, 0) is 36.2 Å². The minimum Gasteiger partial charge on any atom is -0.460 e. The van der Waals surface area contributed by atoms with E-state index in [4.69, 9.17) is 18.9 Å². The van der Waals surface area contributed by atoms with Crippen molar-refractivity contribution in [1.29, 1.82) is 0 Å². The molecule has 0 radical (unpaired) electrons. The van der Waals surface area contributed by atoms with Gasteiger partial charge in [0.1, 0.15) is 23.9 Å². The molecule has 8 rings (SSSR count). The Kier molecular flexibility index (Phi) is 10.5. The molecule has 0 spiro atoms. The van der Waals surface area contributed by atoms with Gasteiger partial charge in [-0.1, -0.05) is 24.3 Å². The summed E-state index contributed by atoms with van der Waals surface area (Å²) in [4.78, 5) is 37.9. The summed E-state index contributed by atoms with van der Waals surface area (Å²) in [7, 11) is 1.83. The molecule has 300 valence electrons. The van der Waals surface area contributed by atoms with Crippen molar-refractivity contribution in [3.8, 4) is 28.3 Å². The molecule has 2 fully saturated rings. The van der Waals surface area contributed by atoms with Crippen molar-refractivity contribution >= 4 is 28.7 Å². The van der Waals surface area contributed by atoms with Crippen molar-refractivity contribution in [3.05, 3.63) is 82.4 Å². The van der Waals surface area contributed by atoms with Gasteiger partial charge in [-0.25, -0.2) is 18.7 Å². The first-order valence-electron chi connectivity index (χ1n) is 19.3. The number of halogens is 4. The summed E-state index contributed by atoms with van der Waals surface area (Å²) in [6.07, 6.45) is 2.88. The Hall–Kier alpha value is -5.28. The maximum atomic E-state index is 13.8. The number of nitrogens with one attached hydrogen (secondary N) is 2. The van der Waals surface area contributed by atoms with Gasteiger partial charge in [0.05, 0.1) is 5.69 Å². The van der Waals surface area contributed by atoms with Crippen molar-refractivity contribution in [2.75, 3.05) is 18.4 Å². The number of imidazole rings is 1. The number of ether oxygens (including phenoxy) is 2. The van der Waals surface area contributed by atoms with E-state index in [0.29, 0.717) is 55.5 Å². The van der Waals surface area contributed by atoms with Crippen LogP contribution in [0.2, 0.25) is 0 Å². The SMILES string of the molecule is Cc1c(NC(=O)c2nc3c(n2C)CCN(C2CCC(F)(F)CC2)C3)cccc1-c1cccc(-c2nc3cc(COC(=O)[C@@H]4CCCN4)c(OC(F)F)cc3o2)c1C. The van der Waals surface area contributed by atoms with E-state index in [1.807, 2.05) is 61.9 Å². The molecule has 1 saturated carbocycles. The number of anilines is 1. The van der Waals surface area contributed by atoms with Gasteiger partial charge in [-0.05, 0) is 86.5 Å². The number of nitrogens with zero attached hydrogens (tertiary/aromatic N) is 4. The summed E-state index contributed by atoms with van der Waals surface area (Å²) in [5.74, 6) is -3.03. The number of alkyl halides is 4. The van der Waals surface area contributed by atoms with E-state index < -0.39 is 24.5 Å². The molecule has 1 amide bonds. The van der Waals surface area contributed by atoms with Crippen LogP contribution in [0.25, 0.3) is 33.7 Å². The Labute approximate surface area is 326 Å². The number of fused-ring (bicyclic) bond motifs is 2. The van der Waals surface area contributed by atoms with Gasteiger partial charge in [-0.3, -0.25) is 14.5 Å². The van der Waals surface area contributed by atoms with Crippen LogP contribution >= 0.6 is 0 Å². The van der Waals surface area contributed by atoms with E-state index >= 15 is 0 Å². The molecule has 0 bridgehead atoms. The van der Waals surface area contributed by atoms with Gasteiger partial charge in [0.25, 0.3) is 5.91 Å². The van der Waals surface area contributed by atoms with Crippen LogP contribution in [0.15, 0.2) is 52.9 Å². The fourth-order valence-electron chi connectivity index (χ4n) is 8.42. The largest absolute Gasteiger partial charge is 0.460 e. The third-order valence-electron chi connectivity index (χ3n) is 11.6. The molecule has 0 unspecified atom stereocenters. The molecule has 4 heterocycles. The molecule has 2 aliphatic heterocycles. The lowest BCUT2D eigenvalue weighted by Gasteiger charge is -2.38. The summed E-state index contributed by atoms with van der Waals surface area (Å²) in [5.41, 5.74) is 7.28. The first-order chi connectivity index (χ1) is 27.3. The van der Waals surface area contributed by atoms with Crippen LogP contribution in [0.4, 0.5) is 23.2 Å². The van der Waals surface area contributed by atoms with Crippen molar-refractivity contribution < 1.29 is 41.0 Å². The van der Waals surface area contributed by atoms with E-state index in [-0.39, 0.29) is 60.0 Å². The summed E-state index contributed by atoms with van der Waals surface area (Å²) in [5, 5.41) is 6.12. The summed E-state index contributed by atoms with van der Waals surface area (Å²) < 4.78 is 72.6. The third-order valence-corrected chi connectivity index (χ3v) is 11.6. The van der Waals surface area contributed by atoms with E-state index in [2.05, 4.69) is 20.5 Å². The first-order valence-corrected chi connectivity index (χ1v) is 19.3. The smallest absolute Gasteiger partial charge is 0.387 e. The Morgan fingerprint density at radius 2 is 1.75 bits per heavy atom. The summed E-state index contributed by atoms with van der Waals surface area (Å²) in [6, 6.07) is 13.8. The zero-order valence-electron chi connectivity index (χ0n) is 32.0. The van der Waals surface area contributed by atoms with Gasteiger partial charge >= 0.3 is 12.6 Å². The minimum absolute atomic E-state index is 0.0854. The molecule has 15 heteroatoms. The van der Waals surface area contributed by atoms with Crippen LogP contribution in [0.3, 0.4) is 0 Å². The maximum Gasteiger partial charge on any atom is 0.387 e. The van der Waals surface area contributed by atoms with Crippen LogP contribution in [0.5, 0.6) is 5.75 Å². The lowest BCUT2D eigenvalue weighted by Crippen LogP contribution is -2.43. The second-order valence-electron chi connectivity index (χ2n) is 15.2. The number of amides is 1. The number of hydrogen-bond donors (Lipinski definition) is 2. The average Bonchev–Trinajstić information content (AvgIpc) is 3.94. The van der Waals surface area contributed by atoms with Crippen LogP contribution < -0.4 is 15.4 Å². The zero-order chi connectivity index (χ0) is 40.0. The topological polar surface area (TPSA) is 124 Å². The summed E-state index contributed by atoms with van der Waals surface area (Å²) in [6.45, 7) is 2.44. The van der Waals surface area contributed by atoms with Crippen molar-refractivity contribution in [3.63, 3.8) is 0 Å². The number of carbonyl (C=O) groups excluding carboxylic acids is 2. The maximum absolute atomic E-state index is 13.8. The standard InChI is InChI=1S/C42H44F4N6O5/c1-23-27(7-4-9-29(23)39-50-32-19-25(22-55-40(54)31-11-6-17-47-31)35(57-41(43)44)20-36(32)56-39)28-8-5-10-30(24(28)2)49-38(53)37-48-33-21-52(18-14-34(33)51(37)3)26-12-15-42(45,46)16-13-26/h4-5,7-10,19-20,26,31,41,47H,6,11-18,21-22H2,1-3H3,(H,49,53)/t31-/m0/s1. The Bertz CT molecular complexity index is 2320. The number of aromatic nitrogens is 3. The fourth-order valence-corrected chi connectivity index (χ4v) is 8.42. The fraction of sp³-hybridized carbons (Fsp3) is 0.429. The second-order valence-corrected chi connectivity index (χ2v) is 15.2. The second kappa shape index (κ2) is 15.6. The van der Waals surface area contributed by atoms with E-state index in [1.54, 1.807) is 0 Å². The highest BCUT2D eigenvalue weighted by Gasteiger charge is 2.38. The molecule has 1 saturated heterocycles. The molecular formula is C42H44F4N6O5. The summed E-state index contributed by atoms with van der Waals surface area (Å²) >= 11 is 0. The number of hydrogen-bond acceptors (Lipinski definition) is 9. The van der Waals surface area contributed by atoms with Crippen molar-refractivity contribution in [2.24, 2.45) is 7.05 Å². The van der Waals surface area contributed by atoms with E-state index in [0.717, 1.165) is 46.6 Å². The van der Waals surface area contributed by atoms with Gasteiger partial charge in [0.2, 0.25) is 11.8 Å². The predicted octanol–water partition coefficient (Wildman–Crippen LogP) is 8.10. The highest BCUT2D eigenvalue weighted by atomic mass is 19.3. The molecule has 1 aliphatic carbocycles. The Balaban J connectivity index is 1.02. The molecule has 57 heavy (non-hydrogen) atoms. The molecule has 3 aromatic carbocycles. The Morgan fingerprint density at radius 3 is 2.49 bits per heavy atom. The minimum atomic E-state index is -3.10. The molecule has 1 atom stereocenters. The van der Waals surface area contributed by atoms with Gasteiger partial charge in [-0.2, -0.15) is 8.78 Å². The molecule has 2 aromatic heterocycles. The molecule has 3 aliphatic rings. The quantitative estimate of drug-likeness (QED) is 0.107. The van der Waals surface area contributed by atoms with Crippen LogP contribution in [0, 0.1) is 13.8 Å². The van der Waals surface area contributed by atoms with Gasteiger partial charge in [0, 0.05) is 74.0 Å². The average molecular weight is 789 g/mol. The molecule has 5 aromatic rings. The van der Waals surface area contributed by atoms with E-state index in [9.17, 15) is 27.2 Å². The van der Waals surface area contributed by atoms with Gasteiger partial charge in [-0.15, -0.1) is 0 Å². The number of esters is 1. The molecule has 11 nitrogen and oxygen atoms in total. The van der Waals surface area contributed by atoms with E-state index in [1.165, 1.54) is 12.1 Å². The molecular weight excluding hydrogens is 744 g/mol. The third kappa shape index (κ3) is 7.87. The predicted molar refractivity (Wildman–Crippen MR) is 204 cm³/mol. The van der Waals surface area contributed by atoms with Crippen molar-refractivity contribution in [1.82, 2.24) is 24.8 Å². The first kappa shape index (κ1) is 38.6.